The van der Waals surface area contributed by atoms with E-state index in [1.807, 2.05) is 37.3 Å². The first-order chi connectivity index (χ1) is 7.68. The normalized spacial score (nSPS) is 12.3. The van der Waals surface area contributed by atoms with Crippen LogP contribution < -0.4 is 10.5 Å². The predicted molar refractivity (Wildman–Crippen MR) is 68.6 cm³/mol. The zero-order valence-electron chi connectivity index (χ0n) is 8.88. The van der Waals surface area contributed by atoms with Gasteiger partial charge in [0.05, 0.1) is 0 Å². The van der Waals surface area contributed by atoms with Gasteiger partial charge in [0.25, 0.3) is 0 Å². The van der Waals surface area contributed by atoms with E-state index in [-0.39, 0.29) is 6.10 Å². The molecular weight excluding hydrogens is 220 g/mol. The van der Waals surface area contributed by atoms with E-state index in [2.05, 4.69) is 4.98 Å². The highest BCUT2D eigenvalue weighted by Crippen LogP contribution is 2.23. The second-order valence-electron chi connectivity index (χ2n) is 3.49. The van der Waals surface area contributed by atoms with Gasteiger partial charge in [-0.15, -0.1) is 0 Å². The molecule has 1 unspecified atom stereocenters. The number of ether oxygens (including phenoxy) is 1. The molecule has 1 aromatic carbocycles. The van der Waals surface area contributed by atoms with E-state index in [1.165, 1.54) is 0 Å². The van der Waals surface area contributed by atoms with Gasteiger partial charge in [-0.1, -0.05) is 30.4 Å². The molecule has 2 aromatic rings. The molecular formula is C12H12N2OS. The highest BCUT2D eigenvalue weighted by Gasteiger charge is 2.09. The molecule has 0 aliphatic rings. The maximum atomic E-state index is 5.66. The van der Waals surface area contributed by atoms with Crippen LogP contribution in [0.2, 0.25) is 0 Å². The fraction of sp³-hybridized carbons (Fsp3) is 0.167. The number of fused-ring (bicyclic) bond motifs is 1. The van der Waals surface area contributed by atoms with Crippen LogP contribution in [-0.2, 0) is 0 Å². The minimum Gasteiger partial charge on any atom is -0.481 e. The van der Waals surface area contributed by atoms with Crippen molar-refractivity contribution >= 4 is 28.1 Å². The van der Waals surface area contributed by atoms with Crippen LogP contribution in [0.15, 0.2) is 36.5 Å². The summed E-state index contributed by atoms with van der Waals surface area (Å²) in [5.41, 5.74) is 6.34. The topological polar surface area (TPSA) is 48.1 Å². The molecule has 1 atom stereocenters. The quantitative estimate of drug-likeness (QED) is 0.825. The third-order valence-corrected chi connectivity index (χ3v) is 2.63. The Kier molecular flexibility index (Phi) is 3.01. The maximum Gasteiger partial charge on any atom is 0.146 e. The number of thiocarbonyl (C=S) groups is 1. The number of hydrogen-bond acceptors (Lipinski definition) is 3. The standard InChI is InChI=1S/C12H12N2OS/c1-8(12(13)16)15-10-6-2-4-9-5-3-7-14-11(9)10/h2-8H,1H3,(H2,13,16). The molecule has 0 saturated heterocycles. The SMILES string of the molecule is CC(Oc1cccc2cccnc12)C(N)=S. The smallest absolute Gasteiger partial charge is 0.146 e. The van der Waals surface area contributed by atoms with E-state index < -0.39 is 0 Å². The van der Waals surface area contributed by atoms with Crippen LogP contribution in [0.25, 0.3) is 10.9 Å². The lowest BCUT2D eigenvalue weighted by molar-refractivity contribution is 0.291. The Morgan fingerprint density at radius 2 is 2.12 bits per heavy atom. The summed E-state index contributed by atoms with van der Waals surface area (Å²) in [4.78, 5) is 4.63. The molecule has 2 N–H and O–H groups in total. The molecule has 0 aliphatic carbocycles. The first-order valence-electron chi connectivity index (χ1n) is 4.98. The third-order valence-electron chi connectivity index (χ3n) is 2.30. The van der Waals surface area contributed by atoms with Gasteiger partial charge in [-0.3, -0.25) is 4.98 Å². The lowest BCUT2D eigenvalue weighted by Crippen LogP contribution is -2.28. The van der Waals surface area contributed by atoms with E-state index in [0.717, 1.165) is 10.9 Å². The van der Waals surface area contributed by atoms with Crippen molar-refractivity contribution in [1.29, 1.82) is 0 Å². The molecule has 0 saturated carbocycles. The zero-order chi connectivity index (χ0) is 11.5. The van der Waals surface area contributed by atoms with Gasteiger partial charge >= 0.3 is 0 Å². The minimum atomic E-state index is -0.289. The van der Waals surface area contributed by atoms with Crippen LogP contribution in [0.4, 0.5) is 0 Å². The van der Waals surface area contributed by atoms with Gasteiger partial charge in [0, 0.05) is 11.6 Å². The van der Waals surface area contributed by atoms with Crippen LogP contribution in [0.1, 0.15) is 6.92 Å². The van der Waals surface area contributed by atoms with Gasteiger partial charge < -0.3 is 10.5 Å². The van der Waals surface area contributed by atoms with Crippen LogP contribution >= 0.6 is 12.2 Å². The predicted octanol–water partition coefficient (Wildman–Crippen LogP) is 2.29. The second kappa shape index (κ2) is 4.45. The Bertz CT molecular complexity index is 522. The molecule has 0 radical (unpaired) electrons. The van der Waals surface area contributed by atoms with E-state index in [9.17, 15) is 0 Å². The van der Waals surface area contributed by atoms with Gasteiger partial charge in [-0.25, -0.2) is 0 Å². The number of aromatic nitrogens is 1. The van der Waals surface area contributed by atoms with Crippen LogP contribution in [0.5, 0.6) is 5.75 Å². The number of pyridine rings is 1. The highest BCUT2D eigenvalue weighted by molar-refractivity contribution is 7.80. The van der Waals surface area contributed by atoms with Crippen molar-refractivity contribution in [1.82, 2.24) is 4.98 Å². The van der Waals surface area contributed by atoms with E-state index >= 15 is 0 Å². The molecule has 3 nitrogen and oxygen atoms in total. The Hall–Kier alpha value is -1.68. The van der Waals surface area contributed by atoms with Crippen molar-refractivity contribution in [2.24, 2.45) is 5.73 Å². The van der Waals surface area contributed by atoms with Crippen molar-refractivity contribution in [3.63, 3.8) is 0 Å². The summed E-state index contributed by atoms with van der Waals surface area (Å²) < 4.78 is 5.66. The van der Waals surface area contributed by atoms with Crippen LogP contribution in [-0.4, -0.2) is 16.1 Å². The Morgan fingerprint density at radius 3 is 2.88 bits per heavy atom. The third kappa shape index (κ3) is 2.12. The molecule has 16 heavy (non-hydrogen) atoms. The number of rotatable bonds is 3. The molecule has 1 heterocycles. The molecule has 2 rings (SSSR count). The average Bonchev–Trinajstić information content (AvgIpc) is 2.29. The molecule has 0 bridgehead atoms. The van der Waals surface area contributed by atoms with Crippen LogP contribution in [0, 0.1) is 0 Å². The van der Waals surface area contributed by atoms with E-state index in [0.29, 0.717) is 10.7 Å². The van der Waals surface area contributed by atoms with Crippen molar-refractivity contribution in [2.45, 2.75) is 13.0 Å². The molecule has 82 valence electrons. The Labute approximate surface area is 99.2 Å². The monoisotopic (exact) mass is 232 g/mol. The fourth-order valence-corrected chi connectivity index (χ4v) is 1.47. The van der Waals surface area contributed by atoms with Crippen molar-refractivity contribution in [3.05, 3.63) is 36.5 Å². The number of nitrogens with two attached hydrogens (primary N) is 1. The summed E-state index contributed by atoms with van der Waals surface area (Å²) in [5, 5.41) is 1.04. The molecule has 1 aromatic heterocycles. The minimum absolute atomic E-state index is 0.289. The summed E-state index contributed by atoms with van der Waals surface area (Å²) in [6, 6.07) is 9.65. The van der Waals surface area contributed by atoms with E-state index in [4.69, 9.17) is 22.7 Å². The molecule has 0 spiro atoms. The van der Waals surface area contributed by atoms with Gasteiger partial charge in [0.2, 0.25) is 0 Å². The zero-order valence-corrected chi connectivity index (χ0v) is 9.70. The van der Waals surface area contributed by atoms with Crippen molar-refractivity contribution < 1.29 is 4.74 Å². The first kappa shape index (κ1) is 10.8. The average molecular weight is 232 g/mol. The largest absolute Gasteiger partial charge is 0.481 e. The lowest BCUT2D eigenvalue weighted by Gasteiger charge is -2.14. The molecule has 0 amide bonds. The lowest BCUT2D eigenvalue weighted by atomic mass is 10.2. The fourth-order valence-electron chi connectivity index (χ4n) is 1.42. The first-order valence-corrected chi connectivity index (χ1v) is 5.39. The second-order valence-corrected chi connectivity index (χ2v) is 3.97. The summed E-state index contributed by atoms with van der Waals surface area (Å²) in [7, 11) is 0. The van der Waals surface area contributed by atoms with Gasteiger partial charge in [0.1, 0.15) is 22.4 Å². The van der Waals surface area contributed by atoms with Crippen LogP contribution in [0.3, 0.4) is 0 Å². The van der Waals surface area contributed by atoms with Gasteiger partial charge in [0.15, 0.2) is 0 Å². The van der Waals surface area contributed by atoms with Crippen molar-refractivity contribution in [3.8, 4) is 5.75 Å². The van der Waals surface area contributed by atoms with Crippen molar-refractivity contribution in [2.75, 3.05) is 0 Å². The van der Waals surface area contributed by atoms with Gasteiger partial charge in [-0.2, -0.15) is 0 Å². The number of para-hydroxylation sites is 1. The number of hydrogen-bond donors (Lipinski definition) is 1. The summed E-state index contributed by atoms with van der Waals surface area (Å²) in [6.07, 6.45) is 1.45. The Morgan fingerprint density at radius 1 is 1.38 bits per heavy atom. The molecule has 4 heteroatoms. The molecule has 0 aliphatic heterocycles. The summed E-state index contributed by atoms with van der Waals surface area (Å²) in [5.74, 6) is 0.707. The highest BCUT2D eigenvalue weighted by atomic mass is 32.1. The van der Waals surface area contributed by atoms with E-state index in [1.54, 1.807) is 6.20 Å². The Balaban J connectivity index is 2.41. The number of nitrogens with zero attached hydrogens (tertiary/aromatic N) is 1. The summed E-state index contributed by atoms with van der Waals surface area (Å²) >= 11 is 4.87. The maximum absolute atomic E-state index is 5.66. The van der Waals surface area contributed by atoms with Gasteiger partial charge in [-0.05, 0) is 19.1 Å². The summed E-state index contributed by atoms with van der Waals surface area (Å²) in [6.45, 7) is 1.82. The number of benzene rings is 1. The molecule has 0 fully saturated rings.